The Labute approximate surface area is 178 Å². The maximum atomic E-state index is 12.1. The molecule has 0 saturated heterocycles. The fraction of sp³-hybridized carbons (Fsp3) is 0.286. The molecular formula is C21H27Cl2N3O2. The summed E-state index contributed by atoms with van der Waals surface area (Å²) in [5.41, 5.74) is 9.63. The number of aromatic nitrogens is 1. The highest BCUT2D eigenvalue weighted by atomic mass is 35.5. The molecule has 0 saturated carbocycles. The molecule has 0 aliphatic rings. The number of nitrogens with zero attached hydrogens (tertiary/aromatic N) is 1. The number of nitrogens with one attached hydrogen (secondary N) is 1. The summed E-state index contributed by atoms with van der Waals surface area (Å²) in [7, 11) is 1.64. The van der Waals surface area contributed by atoms with Gasteiger partial charge < -0.3 is 20.4 Å². The fourth-order valence-electron chi connectivity index (χ4n) is 3.27. The first-order valence-corrected chi connectivity index (χ1v) is 8.76. The smallest absolute Gasteiger partial charge is 0.219 e. The average Bonchev–Trinajstić information content (AvgIpc) is 3.04. The topological polar surface area (TPSA) is 71.3 Å². The van der Waals surface area contributed by atoms with Gasteiger partial charge in [-0.05, 0) is 24.1 Å². The maximum absolute atomic E-state index is 12.1. The third-order valence-corrected chi connectivity index (χ3v) is 4.61. The van der Waals surface area contributed by atoms with Gasteiger partial charge >= 0.3 is 0 Å². The van der Waals surface area contributed by atoms with Crippen LogP contribution in [0.1, 0.15) is 18.1 Å². The Morgan fingerprint density at radius 2 is 1.79 bits per heavy atom. The second kappa shape index (κ2) is 11.0. The van der Waals surface area contributed by atoms with Crippen LogP contribution in [0.5, 0.6) is 5.75 Å². The van der Waals surface area contributed by atoms with Gasteiger partial charge in [-0.1, -0.05) is 36.4 Å². The van der Waals surface area contributed by atoms with E-state index in [4.69, 9.17) is 10.5 Å². The van der Waals surface area contributed by atoms with Crippen LogP contribution >= 0.6 is 24.8 Å². The van der Waals surface area contributed by atoms with E-state index in [1.54, 1.807) is 18.9 Å². The zero-order chi connectivity index (χ0) is 18.5. The van der Waals surface area contributed by atoms with Crippen LogP contribution in [0.3, 0.4) is 0 Å². The van der Waals surface area contributed by atoms with Gasteiger partial charge in [0.25, 0.3) is 0 Å². The predicted octanol–water partition coefficient (Wildman–Crippen LogP) is 3.94. The number of ether oxygens (including phenoxy) is 1. The van der Waals surface area contributed by atoms with Crippen molar-refractivity contribution < 1.29 is 9.53 Å². The molecule has 152 valence electrons. The molecule has 0 radical (unpaired) electrons. The van der Waals surface area contributed by atoms with Crippen molar-refractivity contribution >= 4 is 41.6 Å². The highest BCUT2D eigenvalue weighted by Crippen LogP contribution is 2.21. The minimum absolute atomic E-state index is 0. The first kappa shape index (κ1) is 23.8. The van der Waals surface area contributed by atoms with E-state index < -0.39 is 0 Å². The molecule has 0 fully saturated rings. The Bertz CT molecular complexity index is 898. The number of benzene rings is 2. The number of hydrogen-bond acceptors (Lipinski definition) is 3. The van der Waals surface area contributed by atoms with Crippen molar-refractivity contribution in [3.8, 4) is 5.75 Å². The van der Waals surface area contributed by atoms with Crippen molar-refractivity contribution in [1.82, 2.24) is 9.88 Å². The summed E-state index contributed by atoms with van der Waals surface area (Å²) in [5.74, 6) is 0.786. The number of carbonyl (C=O) groups excluding carboxylic acids is 1. The SMILES string of the molecule is COc1ccccc1CN(C[C@H](N)Cc1c[nH]c2ccccc12)C(C)=O.Cl.Cl. The number of fused-ring (bicyclic) bond motifs is 1. The molecule has 0 spiro atoms. The van der Waals surface area contributed by atoms with E-state index in [9.17, 15) is 4.79 Å². The van der Waals surface area contributed by atoms with Crippen LogP contribution in [0.4, 0.5) is 0 Å². The number of carbonyl (C=O) groups is 1. The zero-order valence-corrected chi connectivity index (χ0v) is 17.7. The van der Waals surface area contributed by atoms with E-state index in [0.717, 1.165) is 16.8 Å². The van der Waals surface area contributed by atoms with Gasteiger partial charge in [0, 0.05) is 48.7 Å². The first-order chi connectivity index (χ1) is 12.6. The molecule has 3 aromatic rings. The number of H-pyrrole nitrogens is 1. The van der Waals surface area contributed by atoms with Gasteiger partial charge in [0.15, 0.2) is 0 Å². The second-order valence-electron chi connectivity index (χ2n) is 6.54. The summed E-state index contributed by atoms with van der Waals surface area (Å²) in [5, 5.41) is 1.18. The van der Waals surface area contributed by atoms with Crippen LogP contribution < -0.4 is 10.5 Å². The monoisotopic (exact) mass is 423 g/mol. The van der Waals surface area contributed by atoms with E-state index >= 15 is 0 Å². The fourth-order valence-corrected chi connectivity index (χ4v) is 3.27. The summed E-state index contributed by atoms with van der Waals surface area (Å²) >= 11 is 0. The predicted molar refractivity (Wildman–Crippen MR) is 119 cm³/mol. The highest BCUT2D eigenvalue weighted by molar-refractivity contribution is 5.85. The number of hydrogen-bond donors (Lipinski definition) is 2. The number of rotatable bonds is 7. The van der Waals surface area contributed by atoms with Crippen molar-refractivity contribution in [2.24, 2.45) is 5.73 Å². The molecule has 0 aliphatic carbocycles. The summed E-state index contributed by atoms with van der Waals surface area (Å²) < 4.78 is 5.39. The number of amides is 1. The van der Waals surface area contributed by atoms with Crippen molar-refractivity contribution in [2.45, 2.75) is 25.9 Å². The molecule has 3 rings (SSSR count). The van der Waals surface area contributed by atoms with E-state index in [1.807, 2.05) is 48.7 Å². The van der Waals surface area contributed by atoms with Gasteiger partial charge in [0.1, 0.15) is 5.75 Å². The molecular weight excluding hydrogens is 397 g/mol. The van der Waals surface area contributed by atoms with E-state index in [0.29, 0.717) is 19.5 Å². The quantitative estimate of drug-likeness (QED) is 0.604. The van der Waals surface area contributed by atoms with E-state index in [-0.39, 0.29) is 36.8 Å². The van der Waals surface area contributed by atoms with Gasteiger partial charge in [0.05, 0.1) is 7.11 Å². The molecule has 5 nitrogen and oxygen atoms in total. The lowest BCUT2D eigenvalue weighted by Crippen LogP contribution is -2.40. The molecule has 1 atom stereocenters. The van der Waals surface area contributed by atoms with E-state index in [2.05, 4.69) is 11.1 Å². The lowest BCUT2D eigenvalue weighted by Gasteiger charge is -2.25. The summed E-state index contributed by atoms with van der Waals surface area (Å²) in [6, 6.07) is 15.8. The second-order valence-corrected chi connectivity index (χ2v) is 6.54. The largest absolute Gasteiger partial charge is 0.496 e. The third kappa shape index (κ3) is 5.64. The van der Waals surface area contributed by atoms with Gasteiger partial charge in [-0.3, -0.25) is 4.79 Å². The Balaban J connectivity index is 0.00000196. The molecule has 3 N–H and O–H groups in total. The first-order valence-electron chi connectivity index (χ1n) is 8.76. The minimum Gasteiger partial charge on any atom is -0.496 e. The van der Waals surface area contributed by atoms with Crippen LogP contribution in [0.15, 0.2) is 54.7 Å². The van der Waals surface area contributed by atoms with Crippen LogP contribution in [-0.4, -0.2) is 35.5 Å². The average molecular weight is 424 g/mol. The Hall–Kier alpha value is -2.21. The normalized spacial score (nSPS) is 11.2. The number of aromatic amines is 1. The molecule has 1 amide bonds. The number of para-hydroxylation sites is 2. The molecule has 0 aliphatic heterocycles. The molecule has 1 heterocycles. The molecule has 0 unspecified atom stereocenters. The molecule has 1 aromatic heterocycles. The lowest BCUT2D eigenvalue weighted by atomic mass is 10.0. The number of nitrogens with two attached hydrogens (primary N) is 1. The van der Waals surface area contributed by atoms with Gasteiger partial charge in [-0.25, -0.2) is 0 Å². The molecule has 7 heteroatoms. The molecule has 0 bridgehead atoms. The Morgan fingerprint density at radius 1 is 1.11 bits per heavy atom. The van der Waals surface area contributed by atoms with Crippen molar-refractivity contribution in [3.05, 3.63) is 65.9 Å². The van der Waals surface area contributed by atoms with Crippen LogP contribution in [0, 0.1) is 0 Å². The maximum Gasteiger partial charge on any atom is 0.219 e. The van der Waals surface area contributed by atoms with Gasteiger partial charge in [-0.2, -0.15) is 0 Å². The van der Waals surface area contributed by atoms with Crippen LogP contribution in [-0.2, 0) is 17.8 Å². The summed E-state index contributed by atoms with van der Waals surface area (Å²) in [6.07, 6.45) is 2.71. The molecule has 2 aromatic carbocycles. The van der Waals surface area contributed by atoms with Crippen molar-refractivity contribution in [3.63, 3.8) is 0 Å². The minimum atomic E-state index is -0.146. The van der Waals surface area contributed by atoms with Gasteiger partial charge in [-0.15, -0.1) is 24.8 Å². The Morgan fingerprint density at radius 3 is 2.50 bits per heavy atom. The Kier molecular flexibility index (Phi) is 9.32. The number of halogens is 2. The standard InChI is InChI=1S/C21H25N3O2.2ClH/c1-15(25)24(13-16-7-3-6-10-21(16)26-2)14-18(22)11-17-12-23-20-9-5-4-8-19(17)20;;/h3-10,12,18,23H,11,13-14,22H2,1-2H3;2*1H/t18-;;/m1../s1. The van der Waals surface area contributed by atoms with Crippen LogP contribution in [0.25, 0.3) is 10.9 Å². The lowest BCUT2D eigenvalue weighted by molar-refractivity contribution is -0.129. The van der Waals surface area contributed by atoms with Gasteiger partial charge in [0.2, 0.25) is 5.91 Å². The van der Waals surface area contributed by atoms with E-state index in [1.165, 1.54) is 10.9 Å². The van der Waals surface area contributed by atoms with Crippen LogP contribution in [0.2, 0.25) is 0 Å². The van der Waals surface area contributed by atoms with Crippen molar-refractivity contribution in [2.75, 3.05) is 13.7 Å². The number of methoxy groups -OCH3 is 1. The zero-order valence-electron chi connectivity index (χ0n) is 16.1. The van der Waals surface area contributed by atoms with Crippen molar-refractivity contribution in [1.29, 1.82) is 0 Å². The summed E-state index contributed by atoms with van der Waals surface area (Å²) in [6.45, 7) is 2.56. The third-order valence-electron chi connectivity index (χ3n) is 4.61. The molecule has 28 heavy (non-hydrogen) atoms. The highest BCUT2D eigenvalue weighted by Gasteiger charge is 2.17. The summed E-state index contributed by atoms with van der Waals surface area (Å²) in [4.78, 5) is 17.2.